The van der Waals surface area contributed by atoms with Gasteiger partial charge in [-0.25, -0.2) is 0 Å². The zero-order valence-corrected chi connectivity index (χ0v) is 9.03. The van der Waals surface area contributed by atoms with Crippen molar-refractivity contribution in [2.45, 2.75) is 13.3 Å². The minimum atomic E-state index is 0.235. The second-order valence-corrected chi connectivity index (χ2v) is 4.34. The molecule has 80 valence electrons. The van der Waals surface area contributed by atoms with Gasteiger partial charge in [-0.1, -0.05) is 25.1 Å². The lowest BCUT2D eigenvalue weighted by atomic mass is 9.94. The zero-order chi connectivity index (χ0) is 10.8. The molecule has 0 bridgehead atoms. The summed E-state index contributed by atoms with van der Waals surface area (Å²) in [5.74, 6) is 0.873. The van der Waals surface area contributed by atoms with Crippen molar-refractivity contribution in [2.24, 2.45) is 11.7 Å². The van der Waals surface area contributed by atoms with Crippen LogP contribution < -0.4 is 10.6 Å². The third kappa shape index (κ3) is 2.12. The van der Waals surface area contributed by atoms with E-state index in [9.17, 15) is 0 Å². The number of nitrogens with one attached hydrogen (secondary N) is 1. The number of hydrogen-bond donors (Lipinski definition) is 2. The molecule has 0 radical (unpaired) electrons. The lowest BCUT2D eigenvalue weighted by molar-refractivity contribution is 0.545. The molecule has 1 aromatic carbocycles. The third-order valence-electron chi connectivity index (χ3n) is 2.79. The van der Waals surface area contributed by atoms with Crippen LogP contribution in [0, 0.1) is 11.3 Å². The first-order valence-electron chi connectivity index (χ1n) is 5.32. The number of para-hydroxylation sites is 1. The van der Waals surface area contributed by atoms with Crippen LogP contribution in [0.4, 0.5) is 5.69 Å². The van der Waals surface area contributed by atoms with Crippen molar-refractivity contribution in [1.29, 1.82) is 5.41 Å². The largest absolute Gasteiger partial charge is 0.386 e. The van der Waals surface area contributed by atoms with Crippen LogP contribution in [-0.2, 0) is 6.42 Å². The fraction of sp³-hybridized carbons (Fsp3) is 0.417. The fourth-order valence-corrected chi connectivity index (χ4v) is 2.26. The Balaban J connectivity index is 2.29. The van der Waals surface area contributed by atoms with Crippen LogP contribution in [0.2, 0.25) is 0 Å². The molecule has 0 aromatic heterocycles. The van der Waals surface area contributed by atoms with E-state index in [1.54, 1.807) is 0 Å². The molecule has 2 rings (SSSR count). The molecule has 1 aliphatic rings. The van der Waals surface area contributed by atoms with Crippen molar-refractivity contribution in [3.05, 3.63) is 29.8 Å². The Labute approximate surface area is 90.4 Å². The maximum Gasteiger partial charge on any atom is 0.110 e. The van der Waals surface area contributed by atoms with Crippen LogP contribution in [0.1, 0.15) is 12.5 Å². The van der Waals surface area contributed by atoms with Crippen LogP contribution in [0.3, 0.4) is 0 Å². The Morgan fingerprint density at radius 1 is 1.53 bits per heavy atom. The molecule has 0 fully saturated rings. The smallest absolute Gasteiger partial charge is 0.110 e. The summed E-state index contributed by atoms with van der Waals surface area (Å²) in [6.07, 6.45) is 1.13. The maximum atomic E-state index is 7.37. The van der Waals surface area contributed by atoms with E-state index in [0.717, 1.165) is 13.0 Å². The minimum Gasteiger partial charge on any atom is -0.386 e. The SMILES string of the molecule is CC1Cc2ccccc2N(CC(=N)N)C1. The summed E-state index contributed by atoms with van der Waals surface area (Å²) in [5, 5.41) is 7.37. The van der Waals surface area contributed by atoms with Crippen molar-refractivity contribution < 1.29 is 0 Å². The van der Waals surface area contributed by atoms with E-state index in [1.165, 1.54) is 11.3 Å². The Morgan fingerprint density at radius 3 is 3.00 bits per heavy atom. The van der Waals surface area contributed by atoms with Crippen molar-refractivity contribution in [3.8, 4) is 0 Å². The van der Waals surface area contributed by atoms with Gasteiger partial charge in [0.2, 0.25) is 0 Å². The molecule has 0 spiro atoms. The van der Waals surface area contributed by atoms with Crippen molar-refractivity contribution in [3.63, 3.8) is 0 Å². The van der Waals surface area contributed by atoms with Gasteiger partial charge in [0.1, 0.15) is 5.84 Å². The van der Waals surface area contributed by atoms with E-state index in [1.807, 2.05) is 6.07 Å². The summed E-state index contributed by atoms with van der Waals surface area (Å²) in [7, 11) is 0. The predicted octanol–water partition coefficient (Wildman–Crippen LogP) is 1.62. The minimum absolute atomic E-state index is 0.235. The first-order chi connectivity index (χ1) is 7.16. The molecule has 1 atom stereocenters. The number of nitrogens with two attached hydrogens (primary N) is 1. The van der Waals surface area contributed by atoms with Gasteiger partial charge in [0.15, 0.2) is 0 Å². The molecule has 0 saturated carbocycles. The number of hydrogen-bond acceptors (Lipinski definition) is 2. The molecular weight excluding hydrogens is 186 g/mol. The van der Waals surface area contributed by atoms with Gasteiger partial charge in [-0.15, -0.1) is 0 Å². The van der Waals surface area contributed by atoms with E-state index in [2.05, 4.69) is 30.0 Å². The number of nitrogens with zero attached hydrogens (tertiary/aromatic N) is 1. The standard InChI is InChI=1S/C12H17N3/c1-9-6-10-4-2-3-5-11(10)15(7-9)8-12(13)14/h2-5,9H,6-8H2,1H3,(H3,13,14). The van der Waals surface area contributed by atoms with Crippen LogP contribution in [0.5, 0.6) is 0 Å². The van der Waals surface area contributed by atoms with Gasteiger partial charge in [0, 0.05) is 12.2 Å². The maximum absolute atomic E-state index is 7.37. The molecule has 1 unspecified atom stereocenters. The molecule has 0 aliphatic carbocycles. The fourth-order valence-electron chi connectivity index (χ4n) is 2.26. The predicted molar refractivity (Wildman–Crippen MR) is 63.4 cm³/mol. The van der Waals surface area contributed by atoms with Crippen LogP contribution in [0.15, 0.2) is 24.3 Å². The van der Waals surface area contributed by atoms with E-state index >= 15 is 0 Å². The Kier molecular flexibility index (Phi) is 2.62. The summed E-state index contributed by atoms with van der Waals surface area (Å²) >= 11 is 0. The van der Waals surface area contributed by atoms with E-state index < -0.39 is 0 Å². The van der Waals surface area contributed by atoms with E-state index in [-0.39, 0.29) is 5.84 Å². The van der Waals surface area contributed by atoms with Crippen molar-refractivity contribution in [1.82, 2.24) is 0 Å². The molecule has 1 aliphatic heterocycles. The molecule has 3 N–H and O–H groups in total. The van der Waals surface area contributed by atoms with Gasteiger partial charge < -0.3 is 10.6 Å². The molecule has 3 nitrogen and oxygen atoms in total. The van der Waals surface area contributed by atoms with Gasteiger partial charge >= 0.3 is 0 Å². The number of amidine groups is 1. The number of benzene rings is 1. The second kappa shape index (κ2) is 3.93. The monoisotopic (exact) mass is 203 g/mol. The zero-order valence-electron chi connectivity index (χ0n) is 9.03. The summed E-state index contributed by atoms with van der Waals surface area (Å²) in [6, 6.07) is 8.40. The van der Waals surface area contributed by atoms with Gasteiger partial charge in [0.05, 0.1) is 6.54 Å². The lowest BCUT2D eigenvalue weighted by Gasteiger charge is -2.34. The highest BCUT2D eigenvalue weighted by molar-refractivity contribution is 5.82. The molecule has 15 heavy (non-hydrogen) atoms. The number of anilines is 1. The van der Waals surface area contributed by atoms with Crippen LogP contribution >= 0.6 is 0 Å². The van der Waals surface area contributed by atoms with E-state index in [0.29, 0.717) is 12.5 Å². The average Bonchev–Trinajstić information content (AvgIpc) is 2.16. The lowest BCUT2D eigenvalue weighted by Crippen LogP contribution is -2.39. The number of fused-ring (bicyclic) bond motifs is 1. The quantitative estimate of drug-likeness (QED) is 0.567. The van der Waals surface area contributed by atoms with Crippen molar-refractivity contribution in [2.75, 3.05) is 18.0 Å². The number of rotatable bonds is 2. The summed E-state index contributed by atoms with van der Waals surface area (Å²) in [5.41, 5.74) is 8.08. The Morgan fingerprint density at radius 2 is 2.27 bits per heavy atom. The Hall–Kier alpha value is -1.51. The summed E-state index contributed by atoms with van der Waals surface area (Å²) < 4.78 is 0. The van der Waals surface area contributed by atoms with Gasteiger partial charge in [-0.2, -0.15) is 0 Å². The summed E-state index contributed by atoms with van der Waals surface area (Å²) in [6.45, 7) is 3.78. The van der Waals surface area contributed by atoms with Gasteiger partial charge in [-0.05, 0) is 24.0 Å². The van der Waals surface area contributed by atoms with E-state index in [4.69, 9.17) is 11.1 Å². The highest BCUT2D eigenvalue weighted by Crippen LogP contribution is 2.28. The molecule has 3 heteroatoms. The first kappa shape index (κ1) is 10.0. The molecular formula is C12H17N3. The third-order valence-corrected chi connectivity index (χ3v) is 2.79. The molecule has 1 aromatic rings. The van der Waals surface area contributed by atoms with Gasteiger partial charge in [0.25, 0.3) is 0 Å². The molecule has 1 heterocycles. The van der Waals surface area contributed by atoms with Crippen LogP contribution in [0.25, 0.3) is 0 Å². The first-order valence-corrected chi connectivity index (χ1v) is 5.32. The topological polar surface area (TPSA) is 53.1 Å². The highest BCUT2D eigenvalue weighted by Gasteiger charge is 2.21. The Bertz CT molecular complexity index is 373. The van der Waals surface area contributed by atoms with Gasteiger partial charge in [-0.3, -0.25) is 5.41 Å². The van der Waals surface area contributed by atoms with Crippen LogP contribution in [-0.4, -0.2) is 18.9 Å². The normalized spacial score (nSPS) is 19.8. The highest BCUT2D eigenvalue weighted by atomic mass is 15.2. The summed E-state index contributed by atoms with van der Waals surface area (Å²) in [4.78, 5) is 2.20. The molecule has 0 amide bonds. The van der Waals surface area contributed by atoms with Crippen molar-refractivity contribution >= 4 is 11.5 Å². The average molecular weight is 203 g/mol. The molecule has 0 saturated heterocycles. The second-order valence-electron chi connectivity index (χ2n) is 4.34.